The van der Waals surface area contributed by atoms with E-state index in [9.17, 15) is 0 Å². The van der Waals surface area contributed by atoms with Gasteiger partial charge in [-0.1, -0.05) is 39.0 Å². The Morgan fingerprint density at radius 2 is 1.95 bits per heavy atom. The van der Waals surface area contributed by atoms with Gasteiger partial charge in [-0.05, 0) is 36.6 Å². The van der Waals surface area contributed by atoms with E-state index in [4.69, 9.17) is 4.74 Å². The van der Waals surface area contributed by atoms with Gasteiger partial charge < -0.3 is 10.1 Å². The predicted octanol–water partition coefficient (Wildman–Crippen LogP) is 4.50. The number of ether oxygens (including phenoxy) is 1. The maximum atomic E-state index is 6.18. The summed E-state index contributed by atoms with van der Waals surface area (Å²) in [4.78, 5) is 4.19. The van der Waals surface area contributed by atoms with Crippen LogP contribution in [0.5, 0.6) is 11.5 Å². The first-order valence-electron chi connectivity index (χ1n) is 7.66. The first-order valence-corrected chi connectivity index (χ1v) is 7.66. The minimum atomic E-state index is 0.486. The van der Waals surface area contributed by atoms with Gasteiger partial charge in [0.2, 0.25) is 0 Å². The van der Waals surface area contributed by atoms with Gasteiger partial charge in [0, 0.05) is 24.5 Å². The molecule has 0 spiro atoms. The first kappa shape index (κ1) is 15.5. The lowest BCUT2D eigenvalue weighted by Gasteiger charge is -2.17. The molecule has 2 rings (SSSR count). The van der Waals surface area contributed by atoms with Crippen molar-refractivity contribution in [3.8, 4) is 11.5 Å². The molecule has 1 unspecified atom stereocenters. The molecule has 0 fully saturated rings. The molecule has 21 heavy (non-hydrogen) atoms. The van der Waals surface area contributed by atoms with E-state index in [1.165, 1.54) is 5.56 Å². The summed E-state index contributed by atoms with van der Waals surface area (Å²) in [7, 11) is 0. The van der Waals surface area contributed by atoms with Crippen molar-refractivity contribution in [2.45, 2.75) is 39.7 Å². The van der Waals surface area contributed by atoms with Gasteiger partial charge in [0.05, 0.1) is 0 Å². The third-order valence-corrected chi connectivity index (χ3v) is 3.71. The second-order valence-corrected chi connectivity index (χ2v) is 5.21. The lowest BCUT2D eigenvalue weighted by molar-refractivity contribution is 0.461. The Kier molecular flexibility index (Phi) is 5.76. The topological polar surface area (TPSA) is 34.2 Å². The fourth-order valence-electron chi connectivity index (χ4n) is 2.23. The maximum Gasteiger partial charge on any atom is 0.135 e. The highest BCUT2D eigenvalue weighted by Gasteiger charge is 2.12. The highest BCUT2D eigenvalue weighted by Crippen LogP contribution is 2.33. The van der Waals surface area contributed by atoms with Crippen LogP contribution in [0.1, 0.15) is 44.2 Å². The summed E-state index contributed by atoms with van der Waals surface area (Å²) in [5.74, 6) is 2.30. The number of hydrogen-bond acceptors (Lipinski definition) is 3. The normalized spacial score (nSPS) is 12.1. The number of aromatic nitrogens is 1. The van der Waals surface area contributed by atoms with Crippen LogP contribution in [0.2, 0.25) is 0 Å². The molecule has 0 saturated heterocycles. The average Bonchev–Trinajstić information content (AvgIpc) is 2.54. The maximum absolute atomic E-state index is 6.18. The first-order chi connectivity index (χ1) is 10.3. The van der Waals surface area contributed by atoms with Crippen molar-refractivity contribution >= 4 is 0 Å². The summed E-state index contributed by atoms with van der Waals surface area (Å²) in [5.41, 5.74) is 2.34. The van der Waals surface area contributed by atoms with E-state index < -0.39 is 0 Å². The van der Waals surface area contributed by atoms with Crippen molar-refractivity contribution in [3.63, 3.8) is 0 Å². The standard InChI is InChI=1S/C18H24N2O/c1-4-14(3)16-8-6-7-9-18(16)21-17-10-11-20-13-15(17)12-19-5-2/h6-11,13-14,19H,4-5,12H2,1-3H3. The molecule has 112 valence electrons. The van der Waals surface area contributed by atoms with E-state index in [1.54, 1.807) is 6.20 Å². The number of benzene rings is 1. The van der Waals surface area contributed by atoms with Crippen LogP contribution in [0, 0.1) is 0 Å². The van der Waals surface area contributed by atoms with Crippen molar-refractivity contribution in [3.05, 3.63) is 53.9 Å². The largest absolute Gasteiger partial charge is 0.457 e. The van der Waals surface area contributed by atoms with Gasteiger partial charge in [-0.3, -0.25) is 4.98 Å². The van der Waals surface area contributed by atoms with Crippen LogP contribution in [0.25, 0.3) is 0 Å². The smallest absolute Gasteiger partial charge is 0.135 e. The third kappa shape index (κ3) is 4.05. The summed E-state index contributed by atoms with van der Waals surface area (Å²) in [5, 5.41) is 3.32. The van der Waals surface area contributed by atoms with Crippen LogP contribution in [0.3, 0.4) is 0 Å². The minimum absolute atomic E-state index is 0.486. The van der Waals surface area contributed by atoms with Gasteiger partial charge in [-0.2, -0.15) is 0 Å². The van der Waals surface area contributed by atoms with E-state index in [2.05, 4.69) is 43.2 Å². The van der Waals surface area contributed by atoms with Crippen LogP contribution < -0.4 is 10.1 Å². The van der Waals surface area contributed by atoms with Crippen LogP contribution in [-0.4, -0.2) is 11.5 Å². The van der Waals surface area contributed by atoms with Crippen molar-refractivity contribution in [1.82, 2.24) is 10.3 Å². The summed E-state index contributed by atoms with van der Waals surface area (Å²) < 4.78 is 6.18. The van der Waals surface area contributed by atoms with Crippen LogP contribution in [-0.2, 0) is 6.54 Å². The average molecular weight is 284 g/mol. The number of hydrogen-bond donors (Lipinski definition) is 1. The Balaban J connectivity index is 2.26. The molecule has 2 aromatic rings. The molecule has 0 saturated carbocycles. The van der Waals surface area contributed by atoms with Gasteiger partial charge >= 0.3 is 0 Å². The van der Waals surface area contributed by atoms with Crippen molar-refractivity contribution in [2.24, 2.45) is 0 Å². The fourth-order valence-corrected chi connectivity index (χ4v) is 2.23. The summed E-state index contributed by atoms with van der Waals surface area (Å²) >= 11 is 0. The number of rotatable bonds is 7. The van der Waals surface area contributed by atoms with Crippen LogP contribution >= 0.6 is 0 Å². The number of para-hydroxylation sites is 1. The van der Waals surface area contributed by atoms with E-state index in [0.29, 0.717) is 5.92 Å². The lowest BCUT2D eigenvalue weighted by atomic mass is 9.98. The summed E-state index contributed by atoms with van der Waals surface area (Å²) in [6.07, 6.45) is 4.74. The molecule has 3 heteroatoms. The van der Waals surface area contributed by atoms with Gasteiger partial charge in [0.25, 0.3) is 0 Å². The molecule has 0 bridgehead atoms. The summed E-state index contributed by atoms with van der Waals surface area (Å²) in [6.45, 7) is 8.22. The monoisotopic (exact) mass is 284 g/mol. The fraction of sp³-hybridized carbons (Fsp3) is 0.389. The molecule has 1 aromatic carbocycles. The van der Waals surface area contributed by atoms with Crippen molar-refractivity contribution < 1.29 is 4.74 Å². The van der Waals surface area contributed by atoms with Crippen molar-refractivity contribution in [2.75, 3.05) is 6.54 Å². The quantitative estimate of drug-likeness (QED) is 0.813. The number of nitrogens with one attached hydrogen (secondary N) is 1. The van der Waals surface area contributed by atoms with E-state index >= 15 is 0 Å². The third-order valence-electron chi connectivity index (χ3n) is 3.71. The molecule has 1 atom stereocenters. The van der Waals surface area contributed by atoms with Crippen molar-refractivity contribution in [1.29, 1.82) is 0 Å². The SMILES string of the molecule is CCNCc1cnccc1Oc1ccccc1C(C)CC. The Bertz CT molecular complexity index is 569. The second kappa shape index (κ2) is 7.79. The minimum Gasteiger partial charge on any atom is -0.457 e. The number of pyridine rings is 1. The molecule has 0 aliphatic heterocycles. The van der Waals surface area contributed by atoms with Crippen LogP contribution in [0.4, 0.5) is 0 Å². The molecule has 0 aliphatic carbocycles. The Hall–Kier alpha value is -1.87. The van der Waals surface area contributed by atoms with Gasteiger partial charge in [-0.25, -0.2) is 0 Å². The van der Waals surface area contributed by atoms with E-state index in [0.717, 1.165) is 36.6 Å². The zero-order valence-corrected chi connectivity index (χ0v) is 13.1. The van der Waals surface area contributed by atoms with Gasteiger partial charge in [0.15, 0.2) is 0 Å². The van der Waals surface area contributed by atoms with Gasteiger partial charge in [-0.15, -0.1) is 0 Å². The second-order valence-electron chi connectivity index (χ2n) is 5.21. The Labute approximate surface area is 127 Å². The van der Waals surface area contributed by atoms with Crippen LogP contribution in [0.15, 0.2) is 42.7 Å². The molecule has 3 nitrogen and oxygen atoms in total. The molecule has 0 amide bonds. The lowest BCUT2D eigenvalue weighted by Crippen LogP contribution is -2.12. The molecular weight excluding hydrogens is 260 g/mol. The highest BCUT2D eigenvalue weighted by atomic mass is 16.5. The molecule has 1 heterocycles. The van der Waals surface area contributed by atoms with E-state index in [-0.39, 0.29) is 0 Å². The predicted molar refractivity (Wildman–Crippen MR) is 86.8 cm³/mol. The molecule has 0 radical (unpaired) electrons. The Morgan fingerprint density at radius 1 is 1.14 bits per heavy atom. The molecule has 1 aromatic heterocycles. The molecule has 0 aliphatic rings. The zero-order chi connectivity index (χ0) is 15.1. The Morgan fingerprint density at radius 3 is 2.71 bits per heavy atom. The molecular formula is C18H24N2O. The highest BCUT2D eigenvalue weighted by molar-refractivity contribution is 5.41. The zero-order valence-electron chi connectivity index (χ0n) is 13.1. The molecule has 1 N–H and O–H groups in total. The van der Waals surface area contributed by atoms with E-state index in [1.807, 2.05) is 24.4 Å². The number of nitrogens with zero attached hydrogens (tertiary/aromatic N) is 1. The summed E-state index contributed by atoms with van der Waals surface area (Å²) in [6, 6.07) is 10.2. The van der Waals surface area contributed by atoms with Gasteiger partial charge in [0.1, 0.15) is 11.5 Å².